The Balaban J connectivity index is 1.43. The monoisotopic (exact) mass is 361 g/mol. The van der Waals surface area contributed by atoms with E-state index < -0.39 is 6.10 Å². The third kappa shape index (κ3) is 4.73. The van der Waals surface area contributed by atoms with Gasteiger partial charge in [0, 0.05) is 23.1 Å². The van der Waals surface area contributed by atoms with E-state index >= 15 is 0 Å². The lowest BCUT2D eigenvalue weighted by atomic mass is 10.2. The van der Waals surface area contributed by atoms with Crippen molar-refractivity contribution < 1.29 is 23.8 Å². The predicted octanol–water partition coefficient (Wildman–Crippen LogP) is 3.37. The van der Waals surface area contributed by atoms with Crippen molar-refractivity contribution >= 4 is 28.9 Å². The molecule has 0 radical (unpaired) electrons. The number of carbonyl (C=O) groups excluding carboxylic acids is 2. The van der Waals surface area contributed by atoms with Gasteiger partial charge in [0.15, 0.2) is 17.6 Å². The summed E-state index contributed by atoms with van der Waals surface area (Å²) < 4.78 is 15.7. The SMILES string of the molecule is C[C@@H](OC(=O)CCCc1cccs1)C(=O)Nc1ccc2c(c1)OCO2. The summed E-state index contributed by atoms with van der Waals surface area (Å²) >= 11 is 1.67. The van der Waals surface area contributed by atoms with Gasteiger partial charge in [0.05, 0.1) is 0 Å². The molecule has 7 heteroatoms. The first-order valence-electron chi connectivity index (χ1n) is 8.04. The molecule has 1 amide bonds. The highest BCUT2D eigenvalue weighted by atomic mass is 32.1. The molecule has 0 saturated carbocycles. The van der Waals surface area contributed by atoms with Gasteiger partial charge in [0.2, 0.25) is 6.79 Å². The highest BCUT2D eigenvalue weighted by molar-refractivity contribution is 7.09. The van der Waals surface area contributed by atoms with E-state index in [9.17, 15) is 9.59 Å². The number of nitrogens with one attached hydrogen (secondary N) is 1. The smallest absolute Gasteiger partial charge is 0.306 e. The average molecular weight is 361 g/mol. The minimum absolute atomic E-state index is 0.173. The van der Waals surface area contributed by atoms with E-state index in [-0.39, 0.29) is 18.7 Å². The lowest BCUT2D eigenvalue weighted by Crippen LogP contribution is -2.29. The fraction of sp³-hybridized carbons (Fsp3) is 0.333. The second-order valence-electron chi connectivity index (χ2n) is 5.62. The average Bonchev–Trinajstić information content (AvgIpc) is 3.25. The molecule has 6 nitrogen and oxygen atoms in total. The van der Waals surface area contributed by atoms with Crippen LogP contribution in [-0.2, 0) is 20.7 Å². The summed E-state index contributed by atoms with van der Waals surface area (Å²) in [7, 11) is 0. The third-order valence-corrected chi connectivity index (χ3v) is 4.64. The van der Waals surface area contributed by atoms with Crippen LogP contribution in [0.2, 0.25) is 0 Å². The van der Waals surface area contributed by atoms with E-state index in [1.165, 1.54) is 4.88 Å². The number of hydrogen-bond donors (Lipinski definition) is 1. The second-order valence-corrected chi connectivity index (χ2v) is 6.65. The molecule has 3 rings (SSSR count). The summed E-state index contributed by atoms with van der Waals surface area (Å²) in [5.74, 6) is 0.467. The Labute approximate surface area is 149 Å². The fourth-order valence-corrected chi connectivity index (χ4v) is 3.14. The molecule has 1 aromatic carbocycles. The molecular weight excluding hydrogens is 342 g/mol. The van der Waals surface area contributed by atoms with Gasteiger partial charge < -0.3 is 19.5 Å². The molecule has 25 heavy (non-hydrogen) atoms. The quantitative estimate of drug-likeness (QED) is 0.766. The molecule has 2 aromatic rings. The molecule has 2 heterocycles. The molecule has 0 fully saturated rings. The van der Waals surface area contributed by atoms with Gasteiger partial charge >= 0.3 is 5.97 Å². The van der Waals surface area contributed by atoms with Crippen LogP contribution in [0.5, 0.6) is 11.5 Å². The van der Waals surface area contributed by atoms with Gasteiger partial charge in [-0.2, -0.15) is 0 Å². The molecule has 0 unspecified atom stereocenters. The maximum atomic E-state index is 12.1. The number of thiophene rings is 1. The summed E-state index contributed by atoms with van der Waals surface area (Å²) in [5, 5.41) is 4.72. The summed E-state index contributed by atoms with van der Waals surface area (Å²) in [5.41, 5.74) is 0.565. The molecule has 1 aliphatic heterocycles. The fourth-order valence-electron chi connectivity index (χ4n) is 2.39. The topological polar surface area (TPSA) is 73.9 Å². The van der Waals surface area contributed by atoms with Gasteiger partial charge in [0.1, 0.15) is 0 Å². The minimum atomic E-state index is -0.861. The van der Waals surface area contributed by atoms with Crippen molar-refractivity contribution in [2.24, 2.45) is 0 Å². The lowest BCUT2D eigenvalue weighted by molar-refractivity contribution is -0.153. The second kappa shape index (κ2) is 8.02. The van der Waals surface area contributed by atoms with Crippen LogP contribution in [0.3, 0.4) is 0 Å². The molecule has 0 spiro atoms. The van der Waals surface area contributed by atoms with Gasteiger partial charge in [-0.25, -0.2) is 0 Å². The number of rotatable bonds is 7. The number of fused-ring (bicyclic) bond motifs is 1. The van der Waals surface area contributed by atoms with Crippen LogP contribution < -0.4 is 14.8 Å². The number of hydrogen-bond acceptors (Lipinski definition) is 6. The van der Waals surface area contributed by atoms with E-state index in [0.717, 1.165) is 6.42 Å². The number of esters is 1. The standard InChI is InChI=1S/C18H19NO5S/c1-12(24-17(20)6-2-4-14-5-3-9-25-14)18(21)19-13-7-8-15-16(10-13)23-11-22-15/h3,5,7-10,12H,2,4,6,11H2,1H3,(H,19,21)/t12-/m1/s1. The summed E-state index contributed by atoms with van der Waals surface area (Å²) in [6, 6.07) is 9.13. The summed E-state index contributed by atoms with van der Waals surface area (Å²) in [6.45, 7) is 1.73. The highest BCUT2D eigenvalue weighted by Crippen LogP contribution is 2.34. The zero-order chi connectivity index (χ0) is 17.6. The number of ether oxygens (including phenoxy) is 3. The first kappa shape index (κ1) is 17.3. The van der Waals surface area contributed by atoms with Crippen LogP contribution in [0.15, 0.2) is 35.7 Å². The van der Waals surface area contributed by atoms with E-state index in [4.69, 9.17) is 14.2 Å². The molecule has 1 aromatic heterocycles. The molecular formula is C18H19NO5S. The van der Waals surface area contributed by atoms with Crippen molar-refractivity contribution in [3.63, 3.8) is 0 Å². The number of anilines is 1. The maximum Gasteiger partial charge on any atom is 0.306 e. The summed E-state index contributed by atoms with van der Waals surface area (Å²) in [4.78, 5) is 25.2. The third-order valence-electron chi connectivity index (χ3n) is 3.70. The lowest BCUT2D eigenvalue weighted by Gasteiger charge is -2.13. The molecule has 1 atom stereocenters. The Hall–Kier alpha value is -2.54. The first-order valence-corrected chi connectivity index (χ1v) is 8.92. The van der Waals surface area contributed by atoms with Crippen LogP contribution in [0, 0.1) is 0 Å². The largest absolute Gasteiger partial charge is 0.454 e. The molecule has 0 bridgehead atoms. The van der Waals surface area contributed by atoms with Crippen molar-refractivity contribution in [1.82, 2.24) is 0 Å². The van der Waals surface area contributed by atoms with Crippen molar-refractivity contribution in [2.75, 3.05) is 12.1 Å². The Morgan fingerprint density at radius 2 is 2.12 bits per heavy atom. The van der Waals surface area contributed by atoms with E-state index in [0.29, 0.717) is 30.0 Å². The van der Waals surface area contributed by atoms with Crippen LogP contribution in [-0.4, -0.2) is 24.8 Å². The van der Waals surface area contributed by atoms with Crippen LogP contribution in [0.1, 0.15) is 24.6 Å². The molecule has 132 valence electrons. The zero-order valence-electron chi connectivity index (χ0n) is 13.8. The normalized spacial score (nSPS) is 13.3. The molecule has 1 aliphatic rings. The van der Waals surface area contributed by atoms with Crippen LogP contribution in [0.25, 0.3) is 0 Å². The van der Waals surface area contributed by atoms with Crippen molar-refractivity contribution in [1.29, 1.82) is 0 Å². The van der Waals surface area contributed by atoms with Gasteiger partial charge in [-0.05, 0) is 43.3 Å². The van der Waals surface area contributed by atoms with Crippen LogP contribution in [0.4, 0.5) is 5.69 Å². The van der Waals surface area contributed by atoms with Crippen LogP contribution >= 0.6 is 11.3 Å². The number of amides is 1. The Kier molecular flexibility index (Phi) is 5.55. The predicted molar refractivity (Wildman–Crippen MR) is 94.0 cm³/mol. The van der Waals surface area contributed by atoms with Gasteiger partial charge in [-0.3, -0.25) is 9.59 Å². The van der Waals surface area contributed by atoms with E-state index in [1.807, 2.05) is 17.5 Å². The first-order chi connectivity index (χ1) is 12.1. The van der Waals surface area contributed by atoms with E-state index in [1.54, 1.807) is 36.5 Å². The zero-order valence-corrected chi connectivity index (χ0v) is 14.6. The number of benzene rings is 1. The Morgan fingerprint density at radius 3 is 2.92 bits per heavy atom. The Morgan fingerprint density at radius 1 is 1.28 bits per heavy atom. The van der Waals surface area contributed by atoms with Crippen molar-refractivity contribution in [3.05, 3.63) is 40.6 Å². The van der Waals surface area contributed by atoms with Crippen molar-refractivity contribution in [2.45, 2.75) is 32.3 Å². The van der Waals surface area contributed by atoms with E-state index in [2.05, 4.69) is 5.32 Å². The number of carbonyl (C=O) groups is 2. The molecule has 0 aliphatic carbocycles. The summed E-state index contributed by atoms with van der Waals surface area (Å²) in [6.07, 6.45) is 0.972. The maximum absolute atomic E-state index is 12.1. The molecule has 1 N–H and O–H groups in total. The van der Waals surface area contributed by atoms with Gasteiger partial charge in [0.25, 0.3) is 5.91 Å². The van der Waals surface area contributed by atoms with Gasteiger partial charge in [-0.15, -0.1) is 11.3 Å². The van der Waals surface area contributed by atoms with Crippen molar-refractivity contribution in [3.8, 4) is 11.5 Å². The van der Waals surface area contributed by atoms with Gasteiger partial charge in [-0.1, -0.05) is 6.07 Å². The Bertz CT molecular complexity index is 744. The highest BCUT2D eigenvalue weighted by Gasteiger charge is 2.19. The number of aryl methyl sites for hydroxylation is 1. The molecule has 0 saturated heterocycles. The minimum Gasteiger partial charge on any atom is -0.454 e.